The van der Waals surface area contributed by atoms with Gasteiger partial charge in [0, 0.05) is 6.20 Å². The third-order valence-electron chi connectivity index (χ3n) is 1.77. The monoisotopic (exact) mass is 225 g/mol. The molecule has 3 nitrogen and oxygen atoms in total. The summed E-state index contributed by atoms with van der Waals surface area (Å²) < 4.78 is 1.62. The lowest BCUT2D eigenvalue weighted by Crippen LogP contribution is -1.98. The molecule has 0 amide bonds. The molecule has 0 aliphatic carbocycles. The lowest BCUT2D eigenvalue weighted by Gasteiger charge is -2.00. The van der Waals surface area contributed by atoms with Crippen molar-refractivity contribution in [3.8, 4) is 5.82 Å². The average Bonchev–Trinajstić information content (AvgIpc) is 2.61. The van der Waals surface area contributed by atoms with Gasteiger partial charge < -0.3 is 0 Å². The first-order valence-electron chi connectivity index (χ1n) is 4.02. The Bertz CT molecular complexity index is 427. The maximum Gasteiger partial charge on any atom is 0.155 e. The average molecular weight is 226 g/mol. The topological polar surface area (TPSA) is 30.7 Å². The minimum Gasteiger partial charge on any atom is -0.237 e. The van der Waals surface area contributed by atoms with Gasteiger partial charge in [0.1, 0.15) is 5.15 Å². The van der Waals surface area contributed by atoms with Crippen LogP contribution in [0.1, 0.15) is 0 Å². The summed E-state index contributed by atoms with van der Waals surface area (Å²) in [6, 6.07) is 5.62. The van der Waals surface area contributed by atoms with Gasteiger partial charge in [-0.05, 0) is 18.4 Å². The van der Waals surface area contributed by atoms with Gasteiger partial charge in [0.25, 0.3) is 0 Å². The van der Waals surface area contributed by atoms with Gasteiger partial charge in [-0.15, -0.1) is 11.8 Å². The van der Waals surface area contributed by atoms with Gasteiger partial charge >= 0.3 is 0 Å². The second-order valence-electron chi connectivity index (χ2n) is 2.60. The van der Waals surface area contributed by atoms with E-state index in [1.165, 1.54) is 0 Å². The van der Waals surface area contributed by atoms with Crippen LogP contribution in [-0.4, -0.2) is 21.0 Å². The molecular weight excluding hydrogens is 218 g/mol. The highest BCUT2D eigenvalue weighted by molar-refractivity contribution is 7.98. The highest BCUT2D eigenvalue weighted by Gasteiger charge is 2.08. The molecule has 0 atom stereocenters. The van der Waals surface area contributed by atoms with Crippen LogP contribution >= 0.6 is 23.4 Å². The number of thioether (sulfide) groups is 1. The molecule has 0 aliphatic heterocycles. The zero-order valence-corrected chi connectivity index (χ0v) is 9.09. The minimum atomic E-state index is 0.608. The summed E-state index contributed by atoms with van der Waals surface area (Å²) in [7, 11) is 0. The third kappa shape index (κ3) is 1.63. The van der Waals surface area contributed by atoms with Gasteiger partial charge in [0.2, 0.25) is 0 Å². The van der Waals surface area contributed by atoms with E-state index in [9.17, 15) is 0 Å². The van der Waals surface area contributed by atoms with Crippen molar-refractivity contribution in [1.82, 2.24) is 14.8 Å². The molecule has 0 saturated heterocycles. The summed E-state index contributed by atoms with van der Waals surface area (Å²) in [5.41, 5.74) is 0. The van der Waals surface area contributed by atoms with E-state index >= 15 is 0 Å². The summed E-state index contributed by atoms with van der Waals surface area (Å²) in [5.74, 6) is 0.734. The van der Waals surface area contributed by atoms with Crippen molar-refractivity contribution in [2.24, 2.45) is 0 Å². The standard InChI is InChI=1S/C9H8ClN3S/c1-14-7-6-12-13(9(7)10)8-4-2-3-5-11-8/h2-6H,1H3. The zero-order valence-electron chi connectivity index (χ0n) is 7.51. The van der Waals surface area contributed by atoms with Crippen molar-refractivity contribution in [2.45, 2.75) is 4.90 Å². The normalized spacial score (nSPS) is 10.4. The molecule has 0 aromatic carbocycles. The summed E-state index contributed by atoms with van der Waals surface area (Å²) in [5, 5.41) is 4.77. The highest BCUT2D eigenvalue weighted by atomic mass is 35.5. The zero-order chi connectivity index (χ0) is 9.97. The van der Waals surface area contributed by atoms with E-state index in [2.05, 4.69) is 10.1 Å². The quantitative estimate of drug-likeness (QED) is 0.737. The molecule has 0 unspecified atom stereocenters. The first-order valence-corrected chi connectivity index (χ1v) is 5.62. The fourth-order valence-corrected chi connectivity index (χ4v) is 1.91. The van der Waals surface area contributed by atoms with Gasteiger partial charge in [0.05, 0.1) is 11.1 Å². The Morgan fingerprint density at radius 2 is 2.29 bits per heavy atom. The van der Waals surface area contributed by atoms with Crippen molar-refractivity contribution in [3.63, 3.8) is 0 Å². The Balaban J connectivity index is 2.48. The van der Waals surface area contributed by atoms with Crippen LogP contribution in [-0.2, 0) is 0 Å². The lowest BCUT2D eigenvalue weighted by atomic mass is 10.5. The second kappa shape index (κ2) is 4.02. The number of halogens is 1. The van der Waals surface area contributed by atoms with Crippen molar-refractivity contribution in [3.05, 3.63) is 35.7 Å². The smallest absolute Gasteiger partial charge is 0.155 e. The van der Waals surface area contributed by atoms with Crippen LogP contribution in [0.2, 0.25) is 5.15 Å². The second-order valence-corrected chi connectivity index (χ2v) is 3.81. The van der Waals surface area contributed by atoms with Crippen molar-refractivity contribution in [2.75, 3.05) is 6.26 Å². The van der Waals surface area contributed by atoms with Crippen molar-refractivity contribution < 1.29 is 0 Å². The van der Waals surface area contributed by atoms with E-state index in [-0.39, 0.29) is 0 Å². The number of hydrogen-bond donors (Lipinski definition) is 0. The van der Waals surface area contributed by atoms with Crippen LogP contribution in [0.5, 0.6) is 0 Å². The summed E-state index contributed by atoms with van der Waals surface area (Å²) in [4.78, 5) is 5.12. The Labute approximate surface area is 91.1 Å². The number of nitrogens with zero attached hydrogens (tertiary/aromatic N) is 3. The van der Waals surface area contributed by atoms with E-state index in [4.69, 9.17) is 11.6 Å². The van der Waals surface area contributed by atoms with Gasteiger partial charge in [-0.25, -0.2) is 9.67 Å². The van der Waals surface area contributed by atoms with Crippen molar-refractivity contribution in [1.29, 1.82) is 0 Å². The number of pyridine rings is 1. The molecule has 72 valence electrons. The Morgan fingerprint density at radius 3 is 2.86 bits per heavy atom. The Morgan fingerprint density at radius 1 is 1.43 bits per heavy atom. The molecular formula is C9H8ClN3S. The maximum atomic E-state index is 6.10. The Kier molecular flexibility index (Phi) is 2.74. The number of hydrogen-bond acceptors (Lipinski definition) is 3. The molecule has 0 bridgehead atoms. The molecule has 2 aromatic heterocycles. The summed E-state index contributed by atoms with van der Waals surface area (Å²) in [6.07, 6.45) is 5.42. The molecule has 0 N–H and O–H groups in total. The molecule has 0 saturated carbocycles. The van der Waals surface area contributed by atoms with E-state index in [0.717, 1.165) is 10.7 Å². The molecule has 0 spiro atoms. The van der Waals surface area contributed by atoms with Crippen LogP contribution in [0.15, 0.2) is 35.5 Å². The molecule has 0 fully saturated rings. The lowest BCUT2D eigenvalue weighted by molar-refractivity contribution is 0.847. The van der Waals surface area contributed by atoms with Crippen LogP contribution in [0.25, 0.3) is 5.82 Å². The Hall–Kier alpha value is -1.00. The molecule has 14 heavy (non-hydrogen) atoms. The van der Waals surface area contributed by atoms with Crippen LogP contribution in [0, 0.1) is 0 Å². The van der Waals surface area contributed by atoms with Crippen LogP contribution in [0.4, 0.5) is 0 Å². The highest BCUT2D eigenvalue weighted by Crippen LogP contribution is 2.26. The molecule has 2 rings (SSSR count). The summed E-state index contributed by atoms with van der Waals surface area (Å²) >= 11 is 7.67. The number of aromatic nitrogens is 3. The minimum absolute atomic E-state index is 0.608. The van der Waals surface area contributed by atoms with Gasteiger partial charge in [-0.2, -0.15) is 5.10 Å². The van der Waals surface area contributed by atoms with Crippen LogP contribution in [0.3, 0.4) is 0 Å². The van der Waals surface area contributed by atoms with Gasteiger partial charge in [-0.1, -0.05) is 17.7 Å². The van der Waals surface area contributed by atoms with E-state index in [1.54, 1.807) is 28.8 Å². The molecule has 0 aliphatic rings. The van der Waals surface area contributed by atoms with Crippen molar-refractivity contribution >= 4 is 23.4 Å². The molecule has 2 aromatic rings. The molecule has 2 heterocycles. The maximum absolute atomic E-state index is 6.10. The molecule has 0 radical (unpaired) electrons. The predicted octanol–water partition coefficient (Wildman–Crippen LogP) is 2.64. The first-order chi connectivity index (χ1) is 6.83. The fourth-order valence-electron chi connectivity index (χ4n) is 1.09. The third-order valence-corrected chi connectivity index (χ3v) is 2.98. The fraction of sp³-hybridized carbons (Fsp3) is 0.111. The predicted molar refractivity (Wildman–Crippen MR) is 58.2 cm³/mol. The van der Waals surface area contributed by atoms with E-state index in [1.807, 2.05) is 24.5 Å². The van der Waals surface area contributed by atoms with Crippen LogP contribution < -0.4 is 0 Å². The van der Waals surface area contributed by atoms with E-state index < -0.39 is 0 Å². The molecule has 5 heteroatoms. The largest absolute Gasteiger partial charge is 0.237 e. The number of rotatable bonds is 2. The first kappa shape index (κ1) is 9.55. The van der Waals surface area contributed by atoms with E-state index in [0.29, 0.717) is 5.15 Å². The van der Waals surface area contributed by atoms with Gasteiger partial charge in [0.15, 0.2) is 5.82 Å². The van der Waals surface area contributed by atoms with Gasteiger partial charge in [-0.3, -0.25) is 0 Å². The SMILES string of the molecule is CSc1cnn(-c2ccccn2)c1Cl. The summed E-state index contributed by atoms with van der Waals surface area (Å²) in [6.45, 7) is 0.